The first kappa shape index (κ1) is 15.5. The Hall–Kier alpha value is -1.02. The largest absolute Gasteiger partial charge is 0.375 e. The van der Waals surface area contributed by atoms with Crippen molar-refractivity contribution < 1.29 is 4.74 Å². The summed E-state index contributed by atoms with van der Waals surface area (Å²) in [6.07, 6.45) is 4.45. The molecule has 2 saturated heterocycles. The van der Waals surface area contributed by atoms with Crippen LogP contribution in [0.25, 0.3) is 0 Å². The number of hydrogen-bond donors (Lipinski definition) is 0. The predicted octanol–water partition coefficient (Wildman–Crippen LogP) is 2.78. The summed E-state index contributed by atoms with van der Waals surface area (Å²) in [5, 5.41) is 6.55. The zero-order valence-corrected chi connectivity index (χ0v) is 15.0. The molecule has 0 spiro atoms. The number of aromatic nitrogens is 2. The first-order chi connectivity index (χ1) is 11.3. The van der Waals surface area contributed by atoms with E-state index in [0.717, 1.165) is 55.8 Å². The first-order valence-electron chi connectivity index (χ1n) is 8.21. The Morgan fingerprint density at radius 3 is 2.96 bits per heavy atom. The van der Waals surface area contributed by atoms with Crippen LogP contribution in [0.1, 0.15) is 23.5 Å². The highest BCUT2D eigenvalue weighted by Gasteiger charge is 2.35. The van der Waals surface area contributed by atoms with Gasteiger partial charge >= 0.3 is 0 Å². The molecule has 0 aromatic carbocycles. The van der Waals surface area contributed by atoms with E-state index < -0.39 is 0 Å². The summed E-state index contributed by atoms with van der Waals surface area (Å²) in [4.78, 5) is 14.1. The van der Waals surface area contributed by atoms with Crippen molar-refractivity contribution in [2.24, 2.45) is 0 Å². The normalized spacial score (nSPS) is 26.0. The smallest absolute Gasteiger partial charge is 0.185 e. The maximum absolute atomic E-state index is 6.10. The molecule has 0 aliphatic carbocycles. The third-order valence-corrected chi connectivity index (χ3v) is 6.36. The third-order valence-electron chi connectivity index (χ3n) is 4.71. The first-order valence-corrected chi connectivity index (χ1v) is 9.96. The molecule has 0 radical (unpaired) electrons. The maximum atomic E-state index is 6.10. The average molecular weight is 351 g/mol. The van der Waals surface area contributed by atoms with Gasteiger partial charge in [-0.05, 0) is 19.8 Å². The summed E-state index contributed by atoms with van der Waals surface area (Å²) in [6.45, 7) is 6.97. The van der Waals surface area contributed by atoms with Crippen molar-refractivity contribution in [3.05, 3.63) is 27.7 Å². The second-order valence-corrected chi connectivity index (χ2v) is 8.12. The number of nitrogens with zero attached hydrogens (tertiary/aromatic N) is 4. The van der Waals surface area contributed by atoms with Crippen LogP contribution in [0.3, 0.4) is 0 Å². The van der Waals surface area contributed by atoms with Crippen molar-refractivity contribution in [1.29, 1.82) is 0 Å². The molecule has 2 unspecified atom stereocenters. The molecule has 2 atom stereocenters. The van der Waals surface area contributed by atoms with E-state index in [1.165, 1.54) is 5.69 Å². The van der Waals surface area contributed by atoms with Gasteiger partial charge < -0.3 is 9.64 Å². The number of anilines is 1. The van der Waals surface area contributed by atoms with Gasteiger partial charge in [0.2, 0.25) is 0 Å². The summed E-state index contributed by atoms with van der Waals surface area (Å²) in [7, 11) is 0. The molecule has 0 N–H and O–H groups in total. The molecule has 0 amide bonds. The lowest BCUT2D eigenvalue weighted by Crippen LogP contribution is -2.50. The minimum Gasteiger partial charge on any atom is -0.375 e. The van der Waals surface area contributed by atoms with Crippen LogP contribution in [0.5, 0.6) is 0 Å². The van der Waals surface area contributed by atoms with Gasteiger partial charge in [0.05, 0.1) is 23.4 Å². The number of aryl methyl sites for hydroxylation is 1. The molecular formula is C16H22N4OS2. The van der Waals surface area contributed by atoms with Crippen LogP contribution in [0.4, 0.5) is 5.13 Å². The highest BCUT2D eigenvalue weighted by atomic mass is 32.1. The standard InChI is InChI=1S/C16H22N4OS2/c1-12-18-13(11-23-12)10-20-7-8-21-15-3-6-19(5-2-14(15)20)16-17-4-9-22-16/h4,9,11,14-15H,2-3,5-8,10H2,1H3. The summed E-state index contributed by atoms with van der Waals surface area (Å²) in [6, 6.07) is 0.496. The van der Waals surface area contributed by atoms with Crippen molar-refractivity contribution in [3.63, 3.8) is 0 Å². The summed E-state index contributed by atoms with van der Waals surface area (Å²) < 4.78 is 6.10. The topological polar surface area (TPSA) is 41.5 Å². The lowest BCUT2D eigenvalue weighted by atomic mass is 10.0. The molecule has 0 bridgehead atoms. The molecule has 5 nitrogen and oxygen atoms in total. The number of hydrogen-bond acceptors (Lipinski definition) is 7. The number of fused-ring (bicyclic) bond motifs is 1. The van der Waals surface area contributed by atoms with Crippen molar-refractivity contribution in [2.75, 3.05) is 31.1 Å². The van der Waals surface area contributed by atoms with Gasteiger partial charge in [-0.2, -0.15) is 0 Å². The van der Waals surface area contributed by atoms with Crippen LogP contribution in [0, 0.1) is 6.92 Å². The van der Waals surface area contributed by atoms with Crippen LogP contribution >= 0.6 is 22.7 Å². The lowest BCUT2D eigenvalue weighted by Gasteiger charge is -2.40. The molecule has 4 rings (SSSR count). The van der Waals surface area contributed by atoms with Gasteiger partial charge in [0, 0.05) is 49.2 Å². The van der Waals surface area contributed by atoms with E-state index in [0.29, 0.717) is 12.1 Å². The van der Waals surface area contributed by atoms with Crippen LogP contribution in [-0.2, 0) is 11.3 Å². The van der Waals surface area contributed by atoms with E-state index >= 15 is 0 Å². The molecule has 0 saturated carbocycles. The van der Waals surface area contributed by atoms with Gasteiger partial charge in [-0.15, -0.1) is 22.7 Å². The maximum Gasteiger partial charge on any atom is 0.185 e. The summed E-state index contributed by atoms with van der Waals surface area (Å²) >= 11 is 3.47. The van der Waals surface area contributed by atoms with Crippen molar-refractivity contribution in [3.8, 4) is 0 Å². The van der Waals surface area contributed by atoms with E-state index in [9.17, 15) is 0 Å². The molecule has 2 aromatic rings. The number of thiazole rings is 2. The molecular weight excluding hydrogens is 328 g/mol. The Kier molecular flexibility index (Phi) is 4.61. The van der Waals surface area contributed by atoms with Gasteiger partial charge in [0.25, 0.3) is 0 Å². The van der Waals surface area contributed by atoms with Crippen molar-refractivity contribution in [1.82, 2.24) is 14.9 Å². The lowest BCUT2D eigenvalue weighted by molar-refractivity contribution is -0.0749. The van der Waals surface area contributed by atoms with Crippen LogP contribution < -0.4 is 4.90 Å². The van der Waals surface area contributed by atoms with E-state index in [1.807, 2.05) is 6.20 Å². The molecule has 2 aromatic heterocycles. The number of rotatable bonds is 3. The van der Waals surface area contributed by atoms with Gasteiger partial charge in [0.1, 0.15) is 0 Å². The van der Waals surface area contributed by atoms with Crippen molar-refractivity contribution >= 4 is 27.8 Å². The highest BCUT2D eigenvalue weighted by molar-refractivity contribution is 7.13. The van der Waals surface area contributed by atoms with Gasteiger partial charge in [-0.25, -0.2) is 9.97 Å². The quantitative estimate of drug-likeness (QED) is 0.851. The zero-order valence-electron chi connectivity index (χ0n) is 13.4. The van der Waals surface area contributed by atoms with Crippen LogP contribution in [0.2, 0.25) is 0 Å². The molecule has 2 aliphatic heterocycles. The molecule has 23 heavy (non-hydrogen) atoms. The fourth-order valence-electron chi connectivity index (χ4n) is 3.61. The van der Waals surface area contributed by atoms with Gasteiger partial charge in [-0.1, -0.05) is 0 Å². The Morgan fingerprint density at radius 1 is 1.26 bits per heavy atom. The van der Waals surface area contributed by atoms with Gasteiger partial charge in [-0.3, -0.25) is 4.90 Å². The van der Waals surface area contributed by atoms with Gasteiger partial charge in [0.15, 0.2) is 5.13 Å². The van der Waals surface area contributed by atoms with E-state index in [1.54, 1.807) is 22.7 Å². The molecule has 124 valence electrons. The summed E-state index contributed by atoms with van der Waals surface area (Å²) in [5.74, 6) is 0. The average Bonchev–Trinajstić information content (AvgIpc) is 3.16. The van der Waals surface area contributed by atoms with Crippen LogP contribution in [-0.4, -0.2) is 53.3 Å². The minimum atomic E-state index is 0.341. The molecule has 4 heterocycles. The minimum absolute atomic E-state index is 0.341. The van der Waals surface area contributed by atoms with Crippen molar-refractivity contribution in [2.45, 2.75) is 38.5 Å². The van der Waals surface area contributed by atoms with E-state index in [-0.39, 0.29) is 0 Å². The van der Waals surface area contributed by atoms with E-state index in [4.69, 9.17) is 4.74 Å². The Labute approximate surface area is 144 Å². The fraction of sp³-hybridized carbons (Fsp3) is 0.625. The predicted molar refractivity (Wildman–Crippen MR) is 94.4 cm³/mol. The van der Waals surface area contributed by atoms with Crippen LogP contribution in [0.15, 0.2) is 17.0 Å². The second-order valence-electron chi connectivity index (χ2n) is 6.18. The second kappa shape index (κ2) is 6.84. The Balaban J connectivity index is 1.46. The monoisotopic (exact) mass is 350 g/mol. The van der Waals surface area contributed by atoms with E-state index in [2.05, 4.69) is 37.5 Å². The number of morpholine rings is 1. The Bertz CT molecular complexity index is 630. The number of ether oxygens (including phenoxy) is 1. The summed E-state index contributed by atoms with van der Waals surface area (Å²) in [5.41, 5.74) is 1.20. The highest BCUT2D eigenvalue weighted by Crippen LogP contribution is 2.28. The molecule has 7 heteroatoms. The third kappa shape index (κ3) is 3.42. The zero-order chi connectivity index (χ0) is 15.6. The molecule has 2 fully saturated rings. The SMILES string of the molecule is Cc1nc(CN2CCOC3CCN(c4nccs4)CCC32)cs1. The Morgan fingerprint density at radius 2 is 2.17 bits per heavy atom. The molecule has 2 aliphatic rings. The fourth-order valence-corrected chi connectivity index (χ4v) is 4.91.